The lowest BCUT2D eigenvalue weighted by Crippen LogP contribution is -2.31. The lowest BCUT2D eigenvalue weighted by atomic mass is 9.91. The molecule has 1 rings (SSSR count). The summed E-state index contributed by atoms with van der Waals surface area (Å²) in [7, 11) is 0. The van der Waals surface area contributed by atoms with Crippen LogP contribution in [0, 0.1) is 16.7 Å². The second-order valence-corrected chi connectivity index (χ2v) is 6.67. The van der Waals surface area contributed by atoms with E-state index in [1.165, 1.54) is 0 Å². The van der Waals surface area contributed by atoms with Crippen molar-refractivity contribution >= 4 is 18.0 Å². The number of benzene rings is 1. The minimum Gasteiger partial charge on any atom is -0.504 e. The largest absolute Gasteiger partial charge is 0.504 e. The molecule has 0 aliphatic heterocycles. The fraction of sp³-hybridized carbons (Fsp3) is 0.421. The van der Waals surface area contributed by atoms with Crippen molar-refractivity contribution in [3.63, 3.8) is 0 Å². The van der Waals surface area contributed by atoms with Crippen molar-refractivity contribution in [2.24, 2.45) is 5.41 Å². The van der Waals surface area contributed by atoms with Crippen LogP contribution in [0.5, 0.6) is 17.2 Å². The molecule has 4 N–H and O–H groups in total. The normalized spacial score (nSPS) is 12.8. The highest BCUT2D eigenvalue weighted by Gasteiger charge is 2.27. The number of esters is 2. The van der Waals surface area contributed by atoms with Crippen molar-refractivity contribution in [3.05, 3.63) is 23.3 Å². The first-order chi connectivity index (χ1) is 13.0. The Morgan fingerprint density at radius 1 is 1.18 bits per heavy atom. The molecule has 1 atom stereocenters. The number of nitrogens with zero attached hydrogens (tertiary/aromatic N) is 1. The summed E-state index contributed by atoms with van der Waals surface area (Å²) in [5, 5.41) is 47.1. The van der Waals surface area contributed by atoms with Crippen LogP contribution in [-0.4, -0.2) is 51.7 Å². The van der Waals surface area contributed by atoms with Crippen LogP contribution in [-0.2, 0) is 19.1 Å². The molecule has 0 heterocycles. The van der Waals surface area contributed by atoms with Gasteiger partial charge >= 0.3 is 11.9 Å². The van der Waals surface area contributed by atoms with Gasteiger partial charge in [-0.15, -0.1) is 0 Å². The predicted molar refractivity (Wildman–Crippen MR) is 97.0 cm³/mol. The van der Waals surface area contributed by atoms with E-state index in [2.05, 4.69) is 0 Å². The minimum atomic E-state index is -1.28. The van der Waals surface area contributed by atoms with Crippen LogP contribution in [0.2, 0.25) is 0 Å². The number of nitriles is 1. The fourth-order valence-electron chi connectivity index (χ4n) is 1.82. The third-order valence-corrected chi connectivity index (χ3v) is 3.99. The van der Waals surface area contributed by atoms with E-state index in [-0.39, 0.29) is 12.2 Å². The Bertz CT molecular complexity index is 784. The van der Waals surface area contributed by atoms with Crippen molar-refractivity contribution in [1.29, 1.82) is 5.26 Å². The Balaban J connectivity index is 2.68. The lowest BCUT2D eigenvalue weighted by molar-refractivity contribution is -0.159. The fourth-order valence-corrected chi connectivity index (χ4v) is 1.82. The number of phenols is 3. The molecule has 0 saturated heterocycles. The zero-order valence-electron chi connectivity index (χ0n) is 15.8. The number of carbonyl (C=O) groups is 2. The van der Waals surface area contributed by atoms with E-state index in [1.54, 1.807) is 19.9 Å². The molecule has 0 aliphatic carbocycles. The number of aliphatic hydroxyl groups excluding tert-OH is 1. The van der Waals surface area contributed by atoms with Gasteiger partial charge < -0.3 is 29.9 Å². The molecular formula is C19H23NO8. The number of carbonyl (C=O) groups excluding carboxylic acids is 2. The van der Waals surface area contributed by atoms with Crippen LogP contribution < -0.4 is 0 Å². The molecule has 1 aromatic carbocycles. The number of hydrogen-bond donors (Lipinski definition) is 4. The van der Waals surface area contributed by atoms with E-state index in [1.807, 2.05) is 6.92 Å². The summed E-state index contributed by atoms with van der Waals surface area (Å²) >= 11 is 0. The molecule has 0 bridgehead atoms. The van der Waals surface area contributed by atoms with Gasteiger partial charge in [-0.1, -0.05) is 6.92 Å². The monoisotopic (exact) mass is 393 g/mol. The molecule has 9 heteroatoms. The van der Waals surface area contributed by atoms with Gasteiger partial charge in [-0.25, -0.2) is 4.79 Å². The van der Waals surface area contributed by atoms with E-state index in [4.69, 9.17) is 14.7 Å². The van der Waals surface area contributed by atoms with Gasteiger partial charge in [0.25, 0.3) is 0 Å². The molecule has 152 valence electrons. The maximum absolute atomic E-state index is 12.0. The Hall–Kier alpha value is -3.25. The van der Waals surface area contributed by atoms with Crippen LogP contribution >= 0.6 is 0 Å². The van der Waals surface area contributed by atoms with Crippen molar-refractivity contribution in [1.82, 2.24) is 0 Å². The second-order valence-electron chi connectivity index (χ2n) is 6.67. The molecule has 0 fully saturated rings. The van der Waals surface area contributed by atoms with Crippen LogP contribution in [0.15, 0.2) is 17.7 Å². The highest BCUT2D eigenvalue weighted by atomic mass is 16.6. The summed E-state index contributed by atoms with van der Waals surface area (Å²) in [6.45, 7) is 4.34. The summed E-state index contributed by atoms with van der Waals surface area (Å²) in [5.41, 5.74) is -1.10. The number of rotatable bonds is 8. The smallest absolute Gasteiger partial charge is 0.348 e. The van der Waals surface area contributed by atoms with Gasteiger partial charge in [0.05, 0.1) is 5.41 Å². The van der Waals surface area contributed by atoms with Crippen molar-refractivity contribution in [3.8, 4) is 23.3 Å². The van der Waals surface area contributed by atoms with Crippen LogP contribution in [0.4, 0.5) is 0 Å². The van der Waals surface area contributed by atoms with E-state index >= 15 is 0 Å². The van der Waals surface area contributed by atoms with Crippen LogP contribution in [0.1, 0.15) is 32.8 Å². The summed E-state index contributed by atoms with van der Waals surface area (Å²) in [4.78, 5) is 23.8. The number of phenolic OH excluding ortho intramolecular Hbond substituents is 3. The van der Waals surface area contributed by atoms with Crippen LogP contribution in [0.25, 0.3) is 6.08 Å². The van der Waals surface area contributed by atoms with Gasteiger partial charge in [0.1, 0.15) is 31.0 Å². The molecule has 0 radical (unpaired) electrons. The van der Waals surface area contributed by atoms with E-state index in [0.29, 0.717) is 6.42 Å². The van der Waals surface area contributed by atoms with E-state index in [0.717, 1.165) is 18.2 Å². The molecule has 0 saturated carbocycles. The molecule has 28 heavy (non-hydrogen) atoms. The van der Waals surface area contributed by atoms with Crippen molar-refractivity contribution in [2.75, 3.05) is 13.2 Å². The zero-order chi connectivity index (χ0) is 21.5. The summed E-state index contributed by atoms with van der Waals surface area (Å²) < 4.78 is 9.78. The number of aromatic hydroxyl groups is 3. The maximum Gasteiger partial charge on any atom is 0.348 e. The van der Waals surface area contributed by atoms with Crippen LogP contribution in [0.3, 0.4) is 0 Å². The molecule has 0 aromatic heterocycles. The average Bonchev–Trinajstić information content (AvgIpc) is 2.66. The molecule has 0 aliphatic rings. The first kappa shape index (κ1) is 22.8. The molecule has 0 amide bonds. The van der Waals surface area contributed by atoms with E-state index < -0.39 is 52.9 Å². The third kappa shape index (κ3) is 6.17. The van der Waals surface area contributed by atoms with Gasteiger partial charge in [0.15, 0.2) is 17.2 Å². The first-order valence-electron chi connectivity index (χ1n) is 8.41. The molecule has 1 unspecified atom stereocenters. The Morgan fingerprint density at radius 3 is 2.21 bits per heavy atom. The van der Waals surface area contributed by atoms with Gasteiger partial charge in [0.2, 0.25) is 0 Å². The number of aliphatic hydroxyl groups is 1. The highest BCUT2D eigenvalue weighted by Crippen LogP contribution is 2.36. The van der Waals surface area contributed by atoms with Gasteiger partial charge in [-0.05, 0) is 44.0 Å². The average molecular weight is 393 g/mol. The Morgan fingerprint density at radius 2 is 1.71 bits per heavy atom. The quantitative estimate of drug-likeness (QED) is 0.223. The Kier molecular flexibility index (Phi) is 7.83. The number of hydrogen-bond acceptors (Lipinski definition) is 9. The second kappa shape index (κ2) is 9.62. The first-order valence-corrected chi connectivity index (χ1v) is 8.41. The topological polar surface area (TPSA) is 157 Å². The van der Waals surface area contributed by atoms with E-state index in [9.17, 15) is 30.0 Å². The standard InChI is InChI=1S/C19H23NO8/c1-4-19(2,3)18(26)28-10-13(21)9-27-17(25)12(8-20)5-11-6-14(22)16(24)15(23)7-11/h5-7,13,21-24H,4,9-10H2,1-3H3/b12-5+. The summed E-state index contributed by atoms with van der Waals surface area (Å²) in [6, 6.07) is 3.66. The third-order valence-electron chi connectivity index (χ3n) is 3.99. The SMILES string of the molecule is CCC(C)(C)C(=O)OCC(O)COC(=O)/C(C#N)=C/c1cc(O)c(O)c(O)c1. The van der Waals surface area contributed by atoms with Crippen molar-refractivity contribution in [2.45, 2.75) is 33.3 Å². The van der Waals surface area contributed by atoms with Gasteiger partial charge in [-0.2, -0.15) is 5.26 Å². The van der Waals surface area contributed by atoms with Crippen molar-refractivity contribution < 1.29 is 39.5 Å². The highest BCUT2D eigenvalue weighted by molar-refractivity contribution is 5.98. The maximum atomic E-state index is 12.0. The Labute approximate surface area is 162 Å². The zero-order valence-corrected chi connectivity index (χ0v) is 15.8. The molecule has 1 aromatic rings. The predicted octanol–water partition coefficient (Wildman–Crippen LogP) is 1.59. The minimum absolute atomic E-state index is 0.0672. The summed E-state index contributed by atoms with van der Waals surface area (Å²) in [5.74, 6) is -3.56. The molecule has 9 nitrogen and oxygen atoms in total. The summed E-state index contributed by atoms with van der Waals surface area (Å²) in [6.07, 6.45) is 0.301. The molecule has 0 spiro atoms. The molecular weight excluding hydrogens is 370 g/mol. The van der Waals surface area contributed by atoms with Gasteiger partial charge in [-0.3, -0.25) is 4.79 Å². The lowest BCUT2D eigenvalue weighted by Gasteiger charge is -2.21. The number of ether oxygens (including phenoxy) is 2. The van der Waals surface area contributed by atoms with Gasteiger partial charge in [0, 0.05) is 0 Å².